The number of fused-ring (bicyclic) bond motifs is 2. The zero-order valence-corrected chi connectivity index (χ0v) is 14.3. The van der Waals surface area contributed by atoms with Crippen molar-refractivity contribution in [2.75, 3.05) is 7.05 Å². The van der Waals surface area contributed by atoms with E-state index in [-0.39, 0.29) is 5.91 Å². The van der Waals surface area contributed by atoms with Crippen molar-refractivity contribution >= 4 is 21.8 Å². The maximum Gasteiger partial charge on any atom is 0.251 e. The topological polar surface area (TPSA) is 32.3 Å². The van der Waals surface area contributed by atoms with E-state index in [4.69, 9.17) is 0 Å². The Morgan fingerprint density at radius 3 is 2.62 bits per heavy atom. The average Bonchev–Trinajstić information content (AvgIpc) is 2.42. The van der Waals surface area contributed by atoms with Crippen LogP contribution in [-0.4, -0.2) is 36.0 Å². The van der Waals surface area contributed by atoms with Crippen LogP contribution in [0.25, 0.3) is 0 Å². The first-order chi connectivity index (χ1) is 10.0. The third kappa shape index (κ3) is 3.16. The van der Waals surface area contributed by atoms with Gasteiger partial charge in [0.15, 0.2) is 0 Å². The minimum Gasteiger partial charge on any atom is -0.349 e. The first kappa shape index (κ1) is 15.0. The predicted molar refractivity (Wildman–Crippen MR) is 88.6 cm³/mol. The van der Waals surface area contributed by atoms with Crippen LogP contribution in [0, 0.1) is 6.92 Å². The lowest BCUT2D eigenvalue weighted by molar-refractivity contribution is 0.0463. The average molecular weight is 351 g/mol. The largest absolute Gasteiger partial charge is 0.349 e. The Morgan fingerprint density at radius 2 is 1.95 bits per heavy atom. The standard InChI is InChI=1S/C17H23BrN2O/c1-11-6-7-12(18)8-16(11)17(21)19-13-9-14-4-3-5-15(10-13)20(14)2/h6-8,13-15H,3-5,9-10H2,1-2H3,(H,19,21). The molecule has 3 rings (SSSR count). The van der Waals surface area contributed by atoms with Crippen LogP contribution in [0.3, 0.4) is 0 Å². The Hall–Kier alpha value is -0.870. The molecule has 2 heterocycles. The van der Waals surface area contributed by atoms with E-state index in [0.717, 1.165) is 28.4 Å². The molecule has 1 N–H and O–H groups in total. The zero-order chi connectivity index (χ0) is 15.0. The molecule has 2 aliphatic heterocycles. The van der Waals surface area contributed by atoms with E-state index < -0.39 is 0 Å². The maximum atomic E-state index is 12.5. The molecule has 2 aliphatic rings. The molecule has 1 aromatic carbocycles. The number of benzene rings is 1. The number of amides is 1. The van der Waals surface area contributed by atoms with E-state index in [1.54, 1.807) is 0 Å². The van der Waals surface area contributed by atoms with E-state index in [1.165, 1.54) is 19.3 Å². The SMILES string of the molecule is Cc1ccc(Br)cc1C(=O)NC1CC2CCCC(C1)N2C. The molecule has 2 unspecified atom stereocenters. The van der Waals surface area contributed by atoms with Gasteiger partial charge in [0.2, 0.25) is 0 Å². The van der Waals surface area contributed by atoms with Crippen molar-refractivity contribution in [1.29, 1.82) is 0 Å². The Kier molecular flexibility index (Phi) is 4.36. The van der Waals surface area contributed by atoms with E-state index in [9.17, 15) is 4.79 Å². The molecular formula is C17H23BrN2O. The summed E-state index contributed by atoms with van der Waals surface area (Å²) in [5.41, 5.74) is 1.82. The van der Waals surface area contributed by atoms with Crippen LogP contribution in [0.5, 0.6) is 0 Å². The van der Waals surface area contributed by atoms with E-state index in [2.05, 4.69) is 33.2 Å². The van der Waals surface area contributed by atoms with Crippen molar-refractivity contribution in [3.63, 3.8) is 0 Å². The molecule has 0 saturated carbocycles. The number of piperidine rings is 2. The summed E-state index contributed by atoms with van der Waals surface area (Å²) in [4.78, 5) is 15.1. The summed E-state index contributed by atoms with van der Waals surface area (Å²) in [7, 11) is 2.24. The van der Waals surface area contributed by atoms with Crippen molar-refractivity contribution in [3.05, 3.63) is 33.8 Å². The highest BCUT2D eigenvalue weighted by Crippen LogP contribution is 2.32. The molecular weight excluding hydrogens is 328 g/mol. The number of rotatable bonds is 2. The first-order valence-electron chi connectivity index (χ1n) is 7.83. The lowest BCUT2D eigenvalue weighted by atomic mass is 9.82. The monoisotopic (exact) mass is 350 g/mol. The fourth-order valence-electron chi connectivity index (χ4n) is 3.84. The van der Waals surface area contributed by atoms with Crippen LogP contribution < -0.4 is 5.32 Å². The number of halogens is 1. The van der Waals surface area contributed by atoms with Crippen molar-refractivity contribution in [3.8, 4) is 0 Å². The van der Waals surface area contributed by atoms with Crippen molar-refractivity contribution in [1.82, 2.24) is 10.2 Å². The third-order valence-electron chi connectivity index (χ3n) is 5.12. The molecule has 2 bridgehead atoms. The number of hydrogen-bond acceptors (Lipinski definition) is 2. The highest BCUT2D eigenvalue weighted by atomic mass is 79.9. The third-order valence-corrected chi connectivity index (χ3v) is 5.61. The molecule has 2 saturated heterocycles. The van der Waals surface area contributed by atoms with Crippen LogP contribution in [0.2, 0.25) is 0 Å². The molecule has 1 aromatic rings. The summed E-state index contributed by atoms with van der Waals surface area (Å²) in [5, 5.41) is 3.27. The smallest absolute Gasteiger partial charge is 0.251 e. The van der Waals surface area contributed by atoms with Gasteiger partial charge in [-0.05, 0) is 57.4 Å². The van der Waals surface area contributed by atoms with Crippen molar-refractivity contribution < 1.29 is 4.79 Å². The summed E-state index contributed by atoms with van der Waals surface area (Å²) in [6, 6.07) is 7.50. The minimum atomic E-state index is 0.0708. The quantitative estimate of drug-likeness (QED) is 0.885. The zero-order valence-electron chi connectivity index (χ0n) is 12.7. The fourth-order valence-corrected chi connectivity index (χ4v) is 4.20. The molecule has 1 amide bonds. The lowest BCUT2D eigenvalue weighted by Gasteiger charge is -2.47. The van der Waals surface area contributed by atoms with Crippen LogP contribution in [-0.2, 0) is 0 Å². The number of nitrogens with one attached hydrogen (secondary N) is 1. The number of carbonyl (C=O) groups excluding carboxylic acids is 1. The molecule has 21 heavy (non-hydrogen) atoms. The molecule has 0 aliphatic carbocycles. The predicted octanol–water partition coefficient (Wildman–Crippen LogP) is 3.50. The number of carbonyl (C=O) groups is 1. The van der Waals surface area contributed by atoms with Gasteiger partial charge in [0.1, 0.15) is 0 Å². The number of aryl methyl sites for hydroxylation is 1. The highest BCUT2D eigenvalue weighted by Gasteiger charge is 2.36. The summed E-state index contributed by atoms with van der Waals surface area (Å²) < 4.78 is 0.957. The second kappa shape index (κ2) is 6.09. The van der Waals surface area contributed by atoms with Gasteiger partial charge in [0, 0.05) is 28.2 Å². The molecule has 0 spiro atoms. The number of nitrogens with zero attached hydrogens (tertiary/aromatic N) is 1. The number of hydrogen-bond donors (Lipinski definition) is 1. The molecule has 3 nitrogen and oxygen atoms in total. The Balaban J connectivity index is 1.69. The first-order valence-corrected chi connectivity index (χ1v) is 8.63. The molecule has 4 heteroatoms. The lowest BCUT2D eigenvalue weighted by Crippen LogP contribution is -2.55. The summed E-state index contributed by atoms with van der Waals surface area (Å²) in [6.07, 6.45) is 6.06. The van der Waals surface area contributed by atoms with Gasteiger partial charge < -0.3 is 10.2 Å². The van der Waals surface area contributed by atoms with Gasteiger partial charge in [-0.2, -0.15) is 0 Å². The molecule has 114 valence electrons. The van der Waals surface area contributed by atoms with Gasteiger partial charge in [0.05, 0.1) is 0 Å². The van der Waals surface area contributed by atoms with Gasteiger partial charge in [-0.1, -0.05) is 28.4 Å². The normalized spacial score (nSPS) is 29.2. The van der Waals surface area contributed by atoms with Gasteiger partial charge >= 0.3 is 0 Å². The van der Waals surface area contributed by atoms with E-state index in [0.29, 0.717) is 18.1 Å². The van der Waals surface area contributed by atoms with Gasteiger partial charge in [0.25, 0.3) is 5.91 Å². The second-order valence-corrected chi connectivity index (χ2v) is 7.42. The van der Waals surface area contributed by atoms with Crippen LogP contribution in [0.15, 0.2) is 22.7 Å². The van der Waals surface area contributed by atoms with Crippen molar-refractivity contribution in [2.24, 2.45) is 0 Å². The molecule has 2 fully saturated rings. The van der Waals surface area contributed by atoms with Gasteiger partial charge in [-0.25, -0.2) is 0 Å². The van der Waals surface area contributed by atoms with Crippen LogP contribution in [0.1, 0.15) is 48.0 Å². The minimum absolute atomic E-state index is 0.0708. The second-order valence-electron chi connectivity index (χ2n) is 6.51. The Bertz CT molecular complexity index is 532. The molecule has 0 aromatic heterocycles. The van der Waals surface area contributed by atoms with Crippen molar-refractivity contribution in [2.45, 2.75) is 57.2 Å². The molecule has 0 radical (unpaired) electrons. The maximum absolute atomic E-state index is 12.5. The Labute approximate surface area is 135 Å². The van der Waals surface area contributed by atoms with Crippen LogP contribution >= 0.6 is 15.9 Å². The fraction of sp³-hybridized carbons (Fsp3) is 0.588. The van der Waals surface area contributed by atoms with E-state index in [1.807, 2.05) is 25.1 Å². The van der Waals surface area contributed by atoms with Gasteiger partial charge in [-0.3, -0.25) is 4.79 Å². The highest BCUT2D eigenvalue weighted by molar-refractivity contribution is 9.10. The molecule has 2 atom stereocenters. The summed E-state index contributed by atoms with van der Waals surface area (Å²) >= 11 is 3.45. The Morgan fingerprint density at radius 1 is 1.29 bits per heavy atom. The summed E-state index contributed by atoms with van der Waals surface area (Å²) in [6.45, 7) is 1.99. The summed E-state index contributed by atoms with van der Waals surface area (Å²) in [5.74, 6) is 0.0708. The van der Waals surface area contributed by atoms with Crippen LogP contribution in [0.4, 0.5) is 0 Å². The van der Waals surface area contributed by atoms with E-state index >= 15 is 0 Å². The van der Waals surface area contributed by atoms with Gasteiger partial charge in [-0.15, -0.1) is 0 Å².